The van der Waals surface area contributed by atoms with Gasteiger partial charge in [-0.15, -0.1) is 0 Å². The Balaban J connectivity index is 1.52. The summed E-state index contributed by atoms with van der Waals surface area (Å²) in [6, 6.07) is 25.8. The Kier molecular flexibility index (Phi) is 5.67. The number of fused-ring (bicyclic) bond motifs is 2. The van der Waals surface area contributed by atoms with E-state index in [2.05, 4.69) is 25.1 Å². The lowest BCUT2D eigenvalue weighted by atomic mass is 9.94. The highest BCUT2D eigenvalue weighted by atomic mass is 35.5. The number of hydrogen-bond acceptors (Lipinski definition) is 4. The van der Waals surface area contributed by atoms with Crippen LogP contribution in [0.4, 0.5) is 5.82 Å². The van der Waals surface area contributed by atoms with Gasteiger partial charge in [0.05, 0.1) is 27.5 Å². The fourth-order valence-electron chi connectivity index (χ4n) is 4.61. The van der Waals surface area contributed by atoms with E-state index >= 15 is 0 Å². The summed E-state index contributed by atoms with van der Waals surface area (Å²) in [6.45, 7) is 4.07. The highest BCUT2D eigenvalue weighted by Gasteiger charge is 2.38. The molecule has 3 heterocycles. The highest BCUT2D eigenvalue weighted by Crippen LogP contribution is 2.46. The molecule has 2 aliphatic rings. The molecule has 0 saturated carbocycles. The van der Waals surface area contributed by atoms with Crippen LogP contribution in [-0.4, -0.2) is 20.5 Å². The van der Waals surface area contributed by atoms with Crippen molar-refractivity contribution in [2.24, 2.45) is 4.99 Å². The number of aromatic nitrogens is 2. The topological polar surface area (TPSA) is 42.7 Å². The summed E-state index contributed by atoms with van der Waals surface area (Å²) in [5.41, 5.74) is 4.99. The number of hydrogen-bond donors (Lipinski definition) is 0. The lowest BCUT2D eigenvalue weighted by Crippen LogP contribution is -2.35. The number of allylic oxidation sites excluding steroid dienone is 2. The van der Waals surface area contributed by atoms with Gasteiger partial charge in [-0.25, -0.2) is 9.67 Å². The molecule has 0 saturated heterocycles. The van der Waals surface area contributed by atoms with Crippen molar-refractivity contribution >= 4 is 34.9 Å². The van der Waals surface area contributed by atoms with Gasteiger partial charge in [0.15, 0.2) is 11.7 Å². The molecule has 0 amide bonds. The summed E-state index contributed by atoms with van der Waals surface area (Å²) < 4.78 is 8.03. The van der Waals surface area contributed by atoms with Crippen molar-refractivity contribution < 1.29 is 4.74 Å². The van der Waals surface area contributed by atoms with Gasteiger partial charge in [-0.05, 0) is 61.9 Å². The Labute approximate surface area is 219 Å². The third-order valence-electron chi connectivity index (χ3n) is 6.26. The van der Waals surface area contributed by atoms with E-state index in [9.17, 15) is 0 Å². The van der Waals surface area contributed by atoms with Crippen LogP contribution in [0.5, 0.6) is 11.5 Å². The zero-order valence-corrected chi connectivity index (χ0v) is 21.2. The zero-order chi connectivity index (χ0) is 24.8. The van der Waals surface area contributed by atoms with Gasteiger partial charge >= 0.3 is 0 Å². The SMILES string of the molecule is Cc1ccc(-n2nc(C)c3c2N=C2C(Cl)=CC(Cl)=CN2C3c2cccc(Oc3ccccc3)c2)cc1. The van der Waals surface area contributed by atoms with Crippen LogP contribution in [-0.2, 0) is 0 Å². The van der Waals surface area contributed by atoms with E-state index in [4.69, 9.17) is 38.0 Å². The number of ether oxygens (including phenoxy) is 1. The molecule has 0 spiro atoms. The normalized spacial score (nSPS) is 16.5. The lowest BCUT2D eigenvalue weighted by Gasteiger charge is -2.37. The molecule has 0 fully saturated rings. The van der Waals surface area contributed by atoms with Gasteiger partial charge in [0.25, 0.3) is 0 Å². The van der Waals surface area contributed by atoms with Gasteiger partial charge in [-0.1, -0.05) is 71.2 Å². The van der Waals surface area contributed by atoms with E-state index in [-0.39, 0.29) is 6.04 Å². The molecular formula is C29H22Cl2N4O. The Bertz CT molecular complexity index is 1550. The van der Waals surface area contributed by atoms with E-state index in [1.54, 1.807) is 6.08 Å². The second kappa shape index (κ2) is 9.01. The van der Waals surface area contributed by atoms with Crippen LogP contribution in [0.2, 0.25) is 0 Å². The van der Waals surface area contributed by atoms with Crippen molar-refractivity contribution in [3.05, 3.63) is 124 Å². The van der Waals surface area contributed by atoms with Crippen molar-refractivity contribution in [3.8, 4) is 17.2 Å². The molecule has 1 aromatic heterocycles. The molecule has 6 rings (SSSR count). The van der Waals surface area contributed by atoms with Crippen LogP contribution in [0.1, 0.15) is 28.4 Å². The monoisotopic (exact) mass is 512 g/mol. The third kappa shape index (κ3) is 4.00. The molecule has 0 aliphatic carbocycles. The molecule has 0 N–H and O–H groups in total. The predicted molar refractivity (Wildman–Crippen MR) is 145 cm³/mol. The fourth-order valence-corrected chi connectivity index (χ4v) is 5.14. The number of benzene rings is 3. The van der Waals surface area contributed by atoms with Crippen LogP contribution in [0.25, 0.3) is 5.69 Å². The van der Waals surface area contributed by atoms with Crippen LogP contribution < -0.4 is 4.74 Å². The summed E-state index contributed by atoms with van der Waals surface area (Å²) in [5.74, 6) is 2.89. The molecule has 0 radical (unpaired) electrons. The van der Waals surface area contributed by atoms with Gasteiger partial charge in [0.1, 0.15) is 11.5 Å². The zero-order valence-electron chi connectivity index (χ0n) is 19.7. The number of halogens is 2. The molecule has 7 heteroatoms. The summed E-state index contributed by atoms with van der Waals surface area (Å²) in [7, 11) is 0. The molecule has 1 atom stereocenters. The van der Waals surface area contributed by atoms with E-state index in [0.29, 0.717) is 15.9 Å². The molecule has 3 aromatic carbocycles. The van der Waals surface area contributed by atoms with Crippen molar-refractivity contribution in [1.82, 2.24) is 14.7 Å². The number of aryl methyl sites for hydroxylation is 2. The van der Waals surface area contributed by atoms with Crippen molar-refractivity contribution in [2.45, 2.75) is 19.9 Å². The fraction of sp³-hybridized carbons (Fsp3) is 0.103. The van der Waals surface area contributed by atoms with E-state index < -0.39 is 0 Å². The predicted octanol–water partition coefficient (Wildman–Crippen LogP) is 7.93. The molecule has 2 aliphatic heterocycles. The van der Waals surface area contributed by atoms with Gasteiger partial charge in [-0.2, -0.15) is 5.10 Å². The van der Waals surface area contributed by atoms with E-state index in [0.717, 1.165) is 39.8 Å². The number of amidine groups is 1. The first kappa shape index (κ1) is 22.7. The molecular weight excluding hydrogens is 491 g/mol. The lowest BCUT2D eigenvalue weighted by molar-refractivity contribution is 0.452. The third-order valence-corrected chi connectivity index (χ3v) is 6.75. The Morgan fingerprint density at radius 1 is 0.861 bits per heavy atom. The van der Waals surface area contributed by atoms with Crippen LogP contribution in [0.15, 0.2) is 106 Å². The molecule has 4 aromatic rings. The maximum atomic E-state index is 6.68. The molecule has 0 bridgehead atoms. The van der Waals surface area contributed by atoms with Crippen molar-refractivity contribution in [1.29, 1.82) is 0 Å². The quantitative estimate of drug-likeness (QED) is 0.278. The van der Waals surface area contributed by atoms with Crippen LogP contribution in [0, 0.1) is 13.8 Å². The smallest absolute Gasteiger partial charge is 0.164 e. The van der Waals surface area contributed by atoms with Crippen molar-refractivity contribution in [2.75, 3.05) is 0 Å². The summed E-state index contributed by atoms with van der Waals surface area (Å²) in [6.07, 6.45) is 3.59. The first-order chi connectivity index (χ1) is 17.5. The minimum Gasteiger partial charge on any atom is -0.457 e. The Hall–Kier alpha value is -3.80. The summed E-state index contributed by atoms with van der Waals surface area (Å²) in [5, 5.41) is 5.91. The standard InChI is InChI=1S/C29H22Cl2N4O/c1-18-11-13-22(14-12-18)35-29-26(19(2)33-35)27(34-17-21(30)16-25(31)28(34)32-29)20-7-6-10-24(15-20)36-23-8-4-3-5-9-23/h3-17,27H,1-2H3. The summed E-state index contributed by atoms with van der Waals surface area (Å²) >= 11 is 13.1. The van der Waals surface area contributed by atoms with E-state index in [1.807, 2.05) is 83.4 Å². The average molecular weight is 513 g/mol. The number of aliphatic imine (C=N–C) groups is 1. The Morgan fingerprint density at radius 3 is 2.39 bits per heavy atom. The minimum absolute atomic E-state index is 0.248. The molecule has 178 valence electrons. The van der Waals surface area contributed by atoms with Crippen LogP contribution in [0.3, 0.4) is 0 Å². The van der Waals surface area contributed by atoms with Gasteiger partial charge in [0.2, 0.25) is 0 Å². The second-order valence-corrected chi connectivity index (χ2v) is 9.65. The minimum atomic E-state index is -0.248. The first-order valence-corrected chi connectivity index (χ1v) is 12.3. The summed E-state index contributed by atoms with van der Waals surface area (Å²) in [4.78, 5) is 6.99. The molecule has 36 heavy (non-hydrogen) atoms. The maximum absolute atomic E-state index is 6.68. The van der Waals surface area contributed by atoms with Gasteiger partial charge in [0, 0.05) is 11.8 Å². The largest absolute Gasteiger partial charge is 0.457 e. The number of para-hydroxylation sites is 1. The maximum Gasteiger partial charge on any atom is 0.164 e. The average Bonchev–Trinajstić information content (AvgIpc) is 3.20. The van der Waals surface area contributed by atoms with Gasteiger partial charge in [-0.3, -0.25) is 0 Å². The van der Waals surface area contributed by atoms with Crippen molar-refractivity contribution in [3.63, 3.8) is 0 Å². The van der Waals surface area contributed by atoms with E-state index in [1.165, 1.54) is 5.56 Å². The molecule has 5 nitrogen and oxygen atoms in total. The number of nitrogens with zero attached hydrogens (tertiary/aromatic N) is 4. The second-order valence-electron chi connectivity index (χ2n) is 8.81. The first-order valence-electron chi connectivity index (χ1n) is 11.6. The Morgan fingerprint density at radius 2 is 1.61 bits per heavy atom. The highest BCUT2D eigenvalue weighted by molar-refractivity contribution is 6.45. The van der Waals surface area contributed by atoms with Crippen LogP contribution >= 0.6 is 23.2 Å². The van der Waals surface area contributed by atoms with Gasteiger partial charge < -0.3 is 9.64 Å². The molecule has 1 unspecified atom stereocenters. The number of rotatable bonds is 4.